The van der Waals surface area contributed by atoms with Crippen molar-refractivity contribution in [1.29, 1.82) is 0 Å². The first kappa shape index (κ1) is 16.0. The van der Waals surface area contributed by atoms with Crippen molar-refractivity contribution in [2.45, 2.75) is 37.7 Å². The molecule has 0 aliphatic heterocycles. The third kappa shape index (κ3) is 5.16. The highest BCUT2D eigenvalue weighted by Crippen LogP contribution is 2.27. The number of ether oxygens (including phenoxy) is 1. The predicted octanol–water partition coefficient (Wildman–Crippen LogP) is 3.82. The Bertz CT molecular complexity index is 467. The van der Waals surface area contributed by atoms with Gasteiger partial charge in [-0.15, -0.1) is 11.6 Å². The summed E-state index contributed by atoms with van der Waals surface area (Å²) in [5, 5.41) is 3.06. The van der Waals surface area contributed by atoms with E-state index >= 15 is 0 Å². The normalized spacial score (nSPS) is 22.1. The van der Waals surface area contributed by atoms with Gasteiger partial charge in [0.15, 0.2) is 0 Å². The topological polar surface area (TPSA) is 38.3 Å². The summed E-state index contributed by atoms with van der Waals surface area (Å²) in [5.41, 5.74) is 0.426. The molecule has 1 fully saturated rings. The summed E-state index contributed by atoms with van der Waals surface area (Å²) in [6, 6.07) is 5.66. The molecular weight excluding hydrogens is 300 g/mol. The minimum Gasteiger partial charge on any atom is -0.435 e. The molecule has 0 aromatic heterocycles. The summed E-state index contributed by atoms with van der Waals surface area (Å²) >= 11 is 6.11. The Kier molecular flexibility index (Phi) is 5.79. The van der Waals surface area contributed by atoms with Crippen molar-refractivity contribution < 1.29 is 18.3 Å². The van der Waals surface area contributed by atoms with Gasteiger partial charge in [0.2, 0.25) is 0 Å². The Morgan fingerprint density at radius 1 is 1.33 bits per heavy atom. The lowest BCUT2D eigenvalue weighted by Crippen LogP contribution is -2.32. The molecule has 0 bridgehead atoms. The van der Waals surface area contributed by atoms with Crippen LogP contribution in [0.1, 0.15) is 36.0 Å². The molecule has 1 saturated carbocycles. The first-order chi connectivity index (χ1) is 10.0. The molecule has 0 heterocycles. The van der Waals surface area contributed by atoms with Gasteiger partial charge in [-0.3, -0.25) is 4.79 Å². The Labute approximate surface area is 127 Å². The fourth-order valence-corrected chi connectivity index (χ4v) is 2.94. The van der Waals surface area contributed by atoms with Gasteiger partial charge in [-0.05, 0) is 49.4 Å². The van der Waals surface area contributed by atoms with E-state index in [0.29, 0.717) is 18.0 Å². The average molecular weight is 318 g/mol. The molecule has 1 aliphatic rings. The predicted molar refractivity (Wildman–Crippen MR) is 77.0 cm³/mol. The standard InChI is InChI=1S/C15H18ClF2NO2/c16-12-3-1-2-10(8-12)9-19-14(20)11-4-6-13(7-5-11)21-15(17)18/h4-7,10,12,15H,1-3,8-9H2,(H,19,20). The minimum atomic E-state index is -2.86. The van der Waals surface area contributed by atoms with Crippen molar-refractivity contribution in [1.82, 2.24) is 5.32 Å². The van der Waals surface area contributed by atoms with Gasteiger partial charge >= 0.3 is 6.61 Å². The highest BCUT2D eigenvalue weighted by Gasteiger charge is 2.20. The molecule has 1 N–H and O–H groups in total. The van der Waals surface area contributed by atoms with Crippen LogP contribution in [0.25, 0.3) is 0 Å². The second kappa shape index (κ2) is 7.59. The van der Waals surface area contributed by atoms with E-state index in [1.165, 1.54) is 24.3 Å². The van der Waals surface area contributed by atoms with Crippen molar-refractivity contribution in [2.75, 3.05) is 6.54 Å². The lowest BCUT2D eigenvalue weighted by molar-refractivity contribution is -0.0498. The zero-order chi connectivity index (χ0) is 15.2. The van der Waals surface area contributed by atoms with Crippen molar-refractivity contribution in [2.24, 2.45) is 5.92 Å². The van der Waals surface area contributed by atoms with E-state index < -0.39 is 6.61 Å². The maximum Gasteiger partial charge on any atom is 0.387 e. The summed E-state index contributed by atoms with van der Waals surface area (Å²) in [5.74, 6) is 0.237. The molecule has 116 valence electrons. The van der Waals surface area contributed by atoms with Gasteiger partial charge in [-0.25, -0.2) is 0 Å². The first-order valence-corrected chi connectivity index (χ1v) is 7.45. The first-order valence-electron chi connectivity index (χ1n) is 7.01. The fourth-order valence-electron chi connectivity index (χ4n) is 2.54. The third-order valence-corrected chi connectivity index (χ3v) is 4.01. The Morgan fingerprint density at radius 3 is 2.67 bits per heavy atom. The quantitative estimate of drug-likeness (QED) is 0.839. The van der Waals surface area contributed by atoms with E-state index in [1.54, 1.807) is 0 Å². The summed E-state index contributed by atoms with van der Waals surface area (Å²) in [6.07, 6.45) is 4.12. The highest BCUT2D eigenvalue weighted by atomic mass is 35.5. The van der Waals surface area contributed by atoms with Crippen molar-refractivity contribution >= 4 is 17.5 Å². The summed E-state index contributed by atoms with van der Waals surface area (Å²) in [7, 11) is 0. The maximum absolute atomic E-state index is 12.0. The van der Waals surface area contributed by atoms with Crippen molar-refractivity contribution in [3.63, 3.8) is 0 Å². The van der Waals surface area contributed by atoms with Crippen LogP contribution in [0, 0.1) is 5.92 Å². The Balaban J connectivity index is 1.82. The number of hydrogen-bond donors (Lipinski definition) is 1. The molecule has 0 saturated heterocycles. The largest absolute Gasteiger partial charge is 0.435 e. The summed E-state index contributed by atoms with van der Waals surface area (Å²) < 4.78 is 28.3. The number of amides is 1. The van der Waals surface area contributed by atoms with Gasteiger partial charge in [0, 0.05) is 17.5 Å². The molecule has 3 nitrogen and oxygen atoms in total. The summed E-state index contributed by atoms with van der Waals surface area (Å²) in [4.78, 5) is 12.0. The smallest absolute Gasteiger partial charge is 0.387 e. The number of carbonyl (C=O) groups is 1. The number of benzene rings is 1. The molecular formula is C15H18ClF2NO2. The van der Waals surface area contributed by atoms with Gasteiger partial charge in [0.25, 0.3) is 5.91 Å². The molecule has 21 heavy (non-hydrogen) atoms. The van der Waals surface area contributed by atoms with E-state index in [2.05, 4.69) is 10.1 Å². The van der Waals surface area contributed by atoms with Crippen molar-refractivity contribution in [3.05, 3.63) is 29.8 Å². The number of halogens is 3. The Morgan fingerprint density at radius 2 is 2.05 bits per heavy atom. The monoisotopic (exact) mass is 317 g/mol. The van der Waals surface area contributed by atoms with Gasteiger partial charge in [0.1, 0.15) is 5.75 Å². The molecule has 1 amide bonds. The van der Waals surface area contributed by atoms with Crippen LogP contribution in [-0.2, 0) is 0 Å². The van der Waals surface area contributed by atoms with Crippen LogP contribution in [-0.4, -0.2) is 24.4 Å². The van der Waals surface area contributed by atoms with Crippen LogP contribution in [0.15, 0.2) is 24.3 Å². The SMILES string of the molecule is O=C(NCC1CCCC(Cl)C1)c1ccc(OC(F)F)cc1. The maximum atomic E-state index is 12.0. The summed E-state index contributed by atoms with van der Waals surface area (Å²) in [6.45, 7) is -2.27. The van der Waals surface area contributed by atoms with Crippen LogP contribution in [0.3, 0.4) is 0 Å². The van der Waals surface area contributed by atoms with E-state index in [9.17, 15) is 13.6 Å². The molecule has 2 atom stereocenters. The van der Waals surface area contributed by atoms with Crippen LogP contribution in [0.2, 0.25) is 0 Å². The van der Waals surface area contributed by atoms with Gasteiger partial charge < -0.3 is 10.1 Å². The lowest BCUT2D eigenvalue weighted by Gasteiger charge is -2.25. The molecule has 2 unspecified atom stereocenters. The second-order valence-electron chi connectivity index (χ2n) is 5.24. The van der Waals surface area contributed by atoms with Crippen LogP contribution < -0.4 is 10.1 Å². The lowest BCUT2D eigenvalue weighted by atomic mass is 9.89. The third-order valence-electron chi connectivity index (χ3n) is 3.61. The van der Waals surface area contributed by atoms with Gasteiger partial charge in [0.05, 0.1) is 0 Å². The molecule has 0 spiro atoms. The van der Waals surface area contributed by atoms with Gasteiger partial charge in [-0.2, -0.15) is 8.78 Å². The number of hydrogen-bond acceptors (Lipinski definition) is 2. The van der Waals surface area contributed by atoms with E-state index in [4.69, 9.17) is 11.6 Å². The second-order valence-corrected chi connectivity index (χ2v) is 5.86. The number of rotatable bonds is 5. The van der Waals surface area contributed by atoms with Crippen LogP contribution in [0.5, 0.6) is 5.75 Å². The van der Waals surface area contributed by atoms with E-state index in [1.807, 2.05) is 0 Å². The number of nitrogens with one attached hydrogen (secondary N) is 1. The van der Waals surface area contributed by atoms with Crippen LogP contribution in [0.4, 0.5) is 8.78 Å². The Hall–Kier alpha value is -1.36. The molecule has 1 aliphatic carbocycles. The average Bonchev–Trinajstić information content (AvgIpc) is 2.45. The molecule has 0 radical (unpaired) electrons. The zero-order valence-electron chi connectivity index (χ0n) is 11.5. The van der Waals surface area contributed by atoms with Crippen LogP contribution >= 0.6 is 11.6 Å². The molecule has 6 heteroatoms. The number of carbonyl (C=O) groups excluding carboxylic acids is 1. The minimum absolute atomic E-state index is 0.0406. The van der Waals surface area contributed by atoms with E-state index in [-0.39, 0.29) is 17.0 Å². The molecule has 1 aromatic carbocycles. The van der Waals surface area contributed by atoms with Gasteiger partial charge in [-0.1, -0.05) is 6.42 Å². The fraction of sp³-hybridized carbons (Fsp3) is 0.533. The zero-order valence-corrected chi connectivity index (χ0v) is 12.3. The highest BCUT2D eigenvalue weighted by molar-refractivity contribution is 6.20. The van der Waals surface area contributed by atoms with Crippen molar-refractivity contribution in [3.8, 4) is 5.75 Å². The van der Waals surface area contributed by atoms with E-state index in [0.717, 1.165) is 25.7 Å². The molecule has 2 rings (SSSR count). The number of alkyl halides is 3. The molecule has 1 aromatic rings.